The third-order valence-corrected chi connectivity index (χ3v) is 3.90. The lowest BCUT2D eigenvalue weighted by Gasteiger charge is -2.18. The van der Waals surface area contributed by atoms with Gasteiger partial charge in [0, 0.05) is 38.4 Å². The minimum atomic E-state index is -1.07. The molecule has 25 heavy (non-hydrogen) atoms. The average Bonchev–Trinajstić information content (AvgIpc) is 3.02. The Bertz CT molecular complexity index is 654. The highest BCUT2D eigenvalue weighted by molar-refractivity contribution is 5.96. The van der Waals surface area contributed by atoms with Crippen molar-refractivity contribution >= 4 is 29.5 Å². The summed E-state index contributed by atoms with van der Waals surface area (Å²) in [5.41, 5.74) is 1.64. The van der Waals surface area contributed by atoms with Crippen molar-refractivity contribution in [2.24, 2.45) is 0 Å². The molecule has 1 N–H and O–H groups in total. The zero-order chi connectivity index (χ0) is 18.2. The van der Waals surface area contributed by atoms with Crippen LogP contribution < -0.4 is 4.90 Å². The Balaban J connectivity index is 2.00. The van der Waals surface area contributed by atoms with Crippen molar-refractivity contribution < 1.29 is 24.2 Å². The molecule has 1 aliphatic heterocycles. The molecule has 1 saturated heterocycles. The van der Waals surface area contributed by atoms with E-state index in [0.29, 0.717) is 6.42 Å². The first-order chi connectivity index (χ1) is 12.0. The Hall–Kier alpha value is -2.67. The number of nitrogens with zero attached hydrogens (tertiary/aromatic N) is 2. The molecule has 0 unspecified atom stereocenters. The maximum atomic E-state index is 12.1. The number of carbonyl (C=O) groups is 3. The van der Waals surface area contributed by atoms with Crippen LogP contribution in [0.5, 0.6) is 0 Å². The van der Waals surface area contributed by atoms with Gasteiger partial charge in [0.2, 0.25) is 11.8 Å². The van der Waals surface area contributed by atoms with Crippen molar-refractivity contribution in [3.05, 3.63) is 35.9 Å². The number of ether oxygens (including phenoxy) is 1. The lowest BCUT2D eigenvalue weighted by molar-refractivity contribution is -0.143. The topological polar surface area (TPSA) is 87.2 Å². The Morgan fingerprint density at radius 2 is 2.04 bits per heavy atom. The number of anilines is 1. The van der Waals surface area contributed by atoms with Crippen LogP contribution in [-0.4, -0.2) is 61.1 Å². The van der Waals surface area contributed by atoms with E-state index >= 15 is 0 Å². The molecule has 0 spiro atoms. The number of hydrogen-bond donors (Lipinski definition) is 1. The molecule has 0 aromatic heterocycles. The van der Waals surface area contributed by atoms with Gasteiger partial charge in [-0.1, -0.05) is 12.1 Å². The summed E-state index contributed by atoms with van der Waals surface area (Å²) in [6.45, 7) is 0.839. The molecule has 0 atom stereocenters. The molecule has 7 nitrogen and oxygen atoms in total. The third kappa shape index (κ3) is 5.42. The highest BCUT2D eigenvalue weighted by atomic mass is 16.5. The molecule has 1 aromatic rings. The molecule has 0 aliphatic carbocycles. The Morgan fingerprint density at radius 3 is 2.60 bits per heavy atom. The SMILES string of the molecule is COCCN(CC(=O)O)C(=O)/C=C/c1ccc(N2CCCC2=O)cc1. The molecule has 1 aliphatic rings. The number of methoxy groups -OCH3 is 1. The summed E-state index contributed by atoms with van der Waals surface area (Å²) in [6.07, 6.45) is 4.42. The average molecular weight is 346 g/mol. The normalized spacial score (nSPS) is 14.3. The van der Waals surface area contributed by atoms with E-state index in [1.165, 1.54) is 18.1 Å². The Labute approximate surface area is 146 Å². The summed E-state index contributed by atoms with van der Waals surface area (Å²) in [6, 6.07) is 7.32. The van der Waals surface area contributed by atoms with Gasteiger partial charge in [-0.3, -0.25) is 14.4 Å². The number of carboxylic acid groups (broad SMARTS) is 1. The number of carboxylic acids is 1. The number of amides is 2. The van der Waals surface area contributed by atoms with Crippen molar-refractivity contribution in [3.63, 3.8) is 0 Å². The van der Waals surface area contributed by atoms with Gasteiger partial charge in [-0.05, 0) is 30.2 Å². The fourth-order valence-corrected chi connectivity index (χ4v) is 2.59. The van der Waals surface area contributed by atoms with Crippen LogP contribution in [0.15, 0.2) is 30.3 Å². The van der Waals surface area contributed by atoms with Crippen LogP contribution in [0.4, 0.5) is 5.69 Å². The molecule has 2 amide bonds. The first-order valence-corrected chi connectivity index (χ1v) is 8.09. The lowest BCUT2D eigenvalue weighted by atomic mass is 10.2. The van der Waals surface area contributed by atoms with E-state index in [1.807, 2.05) is 24.3 Å². The summed E-state index contributed by atoms with van der Waals surface area (Å²) in [7, 11) is 1.49. The van der Waals surface area contributed by atoms with Crippen LogP contribution >= 0.6 is 0 Å². The molecule has 134 valence electrons. The summed E-state index contributed by atoms with van der Waals surface area (Å²) in [4.78, 5) is 37.7. The largest absolute Gasteiger partial charge is 0.480 e. The molecular weight excluding hydrogens is 324 g/mol. The quantitative estimate of drug-likeness (QED) is 0.719. The second-order valence-electron chi connectivity index (χ2n) is 5.72. The van der Waals surface area contributed by atoms with E-state index in [-0.39, 0.29) is 25.6 Å². The zero-order valence-electron chi connectivity index (χ0n) is 14.2. The van der Waals surface area contributed by atoms with Crippen molar-refractivity contribution in [2.45, 2.75) is 12.8 Å². The van der Waals surface area contributed by atoms with E-state index in [4.69, 9.17) is 9.84 Å². The predicted molar refractivity (Wildman–Crippen MR) is 93.2 cm³/mol. The third-order valence-electron chi connectivity index (χ3n) is 3.90. The van der Waals surface area contributed by atoms with Crippen LogP contribution in [-0.2, 0) is 19.1 Å². The standard InChI is InChI=1S/C18H22N2O5/c1-25-12-11-19(13-18(23)24)16(21)9-6-14-4-7-15(8-5-14)20-10-2-3-17(20)22/h4-9H,2-3,10-13H2,1H3,(H,23,24)/b9-6+. The van der Waals surface area contributed by atoms with E-state index in [9.17, 15) is 14.4 Å². The van der Waals surface area contributed by atoms with Crippen molar-refractivity contribution in [2.75, 3.05) is 38.3 Å². The fraction of sp³-hybridized carbons (Fsp3) is 0.389. The van der Waals surface area contributed by atoms with Crippen molar-refractivity contribution in [1.82, 2.24) is 4.90 Å². The minimum Gasteiger partial charge on any atom is -0.480 e. The van der Waals surface area contributed by atoms with Gasteiger partial charge in [0.1, 0.15) is 6.54 Å². The maximum Gasteiger partial charge on any atom is 0.323 e. The number of hydrogen-bond acceptors (Lipinski definition) is 4. The highest BCUT2D eigenvalue weighted by Crippen LogP contribution is 2.21. The van der Waals surface area contributed by atoms with Gasteiger partial charge in [0.25, 0.3) is 0 Å². The molecule has 0 saturated carbocycles. The van der Waals surface area contributed by atoms with Crippen LogP contribution in [0.1, 0.15) is 18.4 Å². The van der Waals surface area contributed by atoms with Crippen LogP contribution in [0.25, 0.3) is 6.08 Å². The number of aliphatic carboxylic acids is 1. The van der Waals surface area contributed by atoms with E-state index in [1.54, 1.807) is 11.0 Å². The van der Waals surface area contributed by atoms with Crippen molar-refractivity contribution in [1.29, 1.82) is 0 Å². The van der Waals surface area contributed by atoms with E-state index in [0.717, 1.165) is 24.2 Å². The second-order valence-corrected chi connectivity index (χ2v) is 5.72. The van der Waals surface area contributed by atoms with Crippen LogP contribution in [0, 0.1) is 0 Å². The number of carbonyl (C=O) groups excluding carboxylic acids is 2. The Morgan fingerprint density at radius 1 is 1.32 bits per heavy atom. The van der Waals surface area contributed by atoms with Gasteiger partial charge in [0.05, 0.1) is 6.61 Å². The molecule has 1 aromatic carbocycles. The van der Waals surface area contributed by atoms with Gasteiger partial charge in [-0.25, -0.2) is 0 Å². The van der Waals surface area contributed by atoms with Crippen molar-refractivity contribution in [3.8, 4) is 0 Å². The molecule has 0 radical (unpaired) electrons. The Kier molecular flexibility index (Phi) is 6.71. The smallest absolute Gasteiger partial charge is 0.323 e. The molecule has 0 bridgehead atoms. The summed E-state index contributed by atoms with van der Waals surface area (Å²) >= 11 is 0. The summed E-state index contributed by atoms with van der Waals surface area (Å²) in [5, 5.41) is 8.88. The minimum absolute atomic E-state index is 0.126. The van der Waals surface area contributed by atoms with Gasteiger partial charge in [-0.2, -0.15) is 0 Å². The molecule has 2 rings (SSSR count). The second kappa shape index (κ2) is 8.98. The summed E-state index contributed by atoms with van der Waals surface area (Å²) < 4.78 is 4.89. The molecule has 1 heterocycles. The first-order valence-electron chi connectivity index (χ1n) is 8.09. The van der Waals surface area contributed by atoms with Gasteiger partial charge >= 0.3 is 5.97 Å². The fourth-order valence-electron chi connectivity index (χ4n) is 2.59. The molecular formula is C18H22N2O5. The number of rotatable bonds is 8. The number of benzene rings is 1. The zero-order valence-corrected chi connectivity index (χ0v) is 14.2. The van der Waals surface area contributed by atoms with Gasteiger partial charge in [0.15, 0.2) is 0 Å². The van der Waals surface area contributed by atoms with Gasteiger partial charge < -0.3 is 19.6 Å². The van der Waals surface area contributed by atoms with Crippen LogP contribution in [0.2, 0.25) is 0 Å². The highest BCUT2D eigenvalue weighted by Gasteiger charge is 2.21. The predicted octanol–water partition coefficient (Wildman–Crippen LogP) is 1.39. The maximum absolute atomic E-state index is 12.1. The molecule has 7 heteroatoms. The first kappa shape index (κ1) is 18.7. The summed E-state index contributed by atoms with van der Waals surface area (Å²) in [5.74, 6) is -1.34. The van der Waals surface area contributed by atoms with E-state index < -0.39 is 11.9 Å². The van der Waals surface area contributed by atoms with E-state index in [2.05, 4.69) is 0 Å². The molecule has 1 fully saturated rings. The van der Waals surface area contributed by atoms with Crippen LogP contribution in [0.3, 0.4) is 0 Å². The lowest BCUT2D eigenvalue weighted by Crippen LogP contribution is -2.36. The van der Waals surface area contributed by atoms with Gasteiger partial charge in [-0.15, -0.1) is 0 Å². The monoisotopic (exact) mass is 346 g/mol.